The van der Waals surface area contributed by atoms with Crippen LogP contribution in [0.2, 0.25) is 5.02 Å². The highest BCUT2D eigenvalue weighted by Gasteiger charge is 2.23. The average Bonchev–Trinajstić information content (AvgIpc) is 2.73. The van der Waals surface area contributed by atoms with Gasteiger partial charge in [0.2, 0.25) is 5.43 Å². The highest BCUT2D eigenvalue weighted by Crippen LogP contribution is 2.27. The molecule has 6 heteroatoms. The van der Waals surface area contributed by atoms with Gasteiger partial charge in [-0.1, -0.05) is 23.7 Å². The van der Waals surface area contributed by atoms with Crippen LogP contribution in [0.1, 0.15) is 31.9 Å². The van der Waals surface area contributed by atoms with Gasteiger partial charge in [-0.3, -0.25) is 9.59 Å². The van der Waals surface area contributed by atoms with Crippen molar-refractivity contribution in [2.75, 3.05) is 13.2 Å². The van der Waals surface area contributed by atoms with Crippen molar-refractivity contribution in [1.82, 2.24) is 4.90 Å². The fraction of sp³-hybridized carbons (Fsp3) is 0.333. The minimum atomic E-state index is -0.110. The summed E-state index contributed by atoms with van der Waals surface area (Å²) in [5, 5.41) is 1.07. The van der Waals surface area contributed by atoms with Crippen LogP contribution in [0, 0.1) is 6.92 Å². The van der Waals surface area contributed by atoms with E-state index in [1.54, 1.807) is 49.4 Å². The molecular formula is C24H24ClNO4. The van der Waals surface area contributed by atoms with Crippen LogP contribution in [0.15, 0.2) is 51.7 Å². The largest absolute Gasteiger partial charge is 0.484 e. The van der Waals surface area contributed by atoms with E-state index in [0.29, 0.717) is 33.1 Å². The molecule has 30 heavy (non-hydrogen) atoms. The van der Waals surface area contributed by atoms with Gasteiger partial charge in [0.15, 0.2) is 6.61 Å². The third-order valence-electron chi connectivity index (χ3n) is 5.66. The van der Waals surface area contributed by atoms with E-state index in [-0.39, 0.29) is 24.0 Å². The average molecular weight is 426 g/mol. The Morgan fingerprint density at radius 1 is 1.20 bits per heavy atom. The number of carbonyl (C=O) groups is 1. The molecular weight excluding hydrogens is 402 g/mol. The quantitative estimate of drug-likeness (QED) is 0.576. The predicted molar refractivity (Wildman–Crippen MR) is 118 cm³/mol. The molecule has 2 heterocycles. The maximum absolute atomic E-state index is 13.1. The van der Waals surface area contributed by atoms with E-state index >= 15 is 0 Å². The Morgan fingerprint density at radius 2 is 1.97 bits per heavy atom. The normalized spacial score (nSPS) is 16.6. The number of carbonyl (C=O) groups excluding carboxylic acids is 1. The molecule has 0 unspecified atom stereocenters. The van der Waals surface area contributed by atoms with Crippen LogP contribution in [-0.2, 0) is 4.79 Å². The molecule has 1 fully saturated rings. The second-order valence-electron chi connectivity index (χ2n) is 7.75. The van der Waals surface area contributed by atoms with Crippen molar-refractivity contribution in [2.24, 2.45) is 0 Å². The Labute approximate surface area is 180 Å². The summed E-state index contributed by atoms with van der Waals surface area (Å²) in [6, 6.07) is 12.4. The fourth-order valence-corrected chi connectivity index (χ4v) is 4.15. The Hall–Kier alpha value is -2.79. The third kappa shape index (κ3) is 4.08. The van der Waals surface area contributed by atoms with E-state index in [1.807, 2.05) is 4.90 Å². The molecule has 0 N–H and O–H groups in total. The standard InChI is InChI=1S/C24H24ClNO4/c1-15-5-3-4-12-26(15)22(27)14-29-19-10-11-20-21(13-19)30-16(2)23(24(20)28)17-6-8-18(25)9-7-17/h6-11,13,15H,3-5,12,14H2,1-2H3/t15-/m1/s1. The van der Waals surface area contributed by atoms with Crippen LogP contribution in [0.25, 0.3) is 22.1 Å². The second kappa shape index (κ2) is 8.52. The van der Waals surface area contributed by atoms with Crippen molar-refractivity contribution in [3.05, 3.63) is 63.5 Å². The fourth-order valence-electron chi connectivity index (χ4n) is 4.02. The minimum absolute atomic E-state index is 0.0157. The number of amides is 1. The number of ether oxygens (including phenoxy) is 1. The van der Waals surface area contributed by atoms with Crippen molar-refractivity contribution >= 4 is 28.5 Å². The second-order valence-corrected chi connectivity index (χ2v) is 8.18. The van der Waals surface area contributed by atoms with Gasteiger partial charge in [0.25, 0.3) is 5.91 Å². The van der Waals surface area contributed by atoms with E-state index < -0.39 is 0 Å². The summed E-state index contributed by atoms with van der Waals surface area (Å²) in [7, 11) is 0. The van der Waals surface area contributed by atoms with Crippen molar-refractivity contribution < 1.29 is 13.9 Å². The van der Waals surface area contributed by atoms with E-state index in [4.69, 9.17) is 20.8 Å². The zero-order valence-corrected chi connectivity index (χ0v) is 17.9. The maximum Gasteiger partial charge on any atom is 0.260 e. The van der Waals surface area contributed by atoms with E-state index in [9.17, 15) is 9.59 Å². The zero-order chi connectivity index (χ0) is 21.3. The van der Waals surface area contributed by atoms with Gasteiger partial charge in [-0.25, -0.2) is 0 Å². The van der Waals surface area contributed by atoms with E-state index in [2.05, 4.69) is 6.92 Å². The molecule has 1 saturated heterocycles. The van der Waals surface area contributed by atoms with Gasteiger partial charge in [0.1, 0.15) is 17.1 Å². The van der Waals surface area contributed by atoms with Crippen molar-refractivity contribution in [3.8, 4) is 16.9 Å². The number of piperidine rings is 1. The Kier molecular flexibility index (Phi) is 5.82. The summed E-state index contributed by atoms with van der Waals surface area (Å²) < 4.78 is 11.6. The first-order valence-electron chi connectivity index (χ1n) is 10.2. The summed E-state index contributed by atoms with van der Waals surface area (Å²) in [6.07, 6.45) is 3.22. The van der Waals surface area contributed by atoms with Gasteiger partial charge in [-0.2, -0.15) is 0 Å². The number of rotatable bonds is 4. The lowest BCUT2D eigenvalue weighted by Crippen LogP contribution is -2.44. The van der Waals surface area contributed by atoms with Gasteiger partial charge >= 0.3 is 0 Å². The number of hydrogen-bond acceptors (Lipinski definition) is 4. The van der Waals surface area contributed by atoms with Gasteiger partial charge in [-0.05, 0) is 62.9 Å². The molecule has 156 valence electrons. The van der Waals surface area contributed by atoms with Gasteiger partial charge < -0.3 is 14.1 Å². The number of fused-ring (bicyclic) bond motifs is 1. The molecule has 1 aromatic heterocycles. The van der Waals surface area contributed by atoms with Crippen LogP contribution in [-0.4, -0.2) is 30.0 Å². The number of hydrogen-bond donors (Lipinski definition) is 0. The maximum atomic E-state index is 13.1. The summed E-state index contributed by atoms with van der Waals surface area (Å²) in [6.45, 7) is 4.59. The molecule has 1 amide bonds. The van der Waals surface area contributed by atoms with Gasteiger partial charge in [0.05, 0.1) is 10.9 Å². The first kappa shape index (κ1) is 20.5. The van der Waals surface area contributed by atoms with Crippen molar-refractivity contribution in [2.45, 2.75) is 39.2 Å². The molecule has 5 nitrogen and oxygen atoms in total. The Bertz CT molecular complexity index is 1140. The van der Waals surface area contributed by atoms with Crippen LogP contribution < -0.4 is 10.2 Å². The molecule has 3 aromatic rings. The molecule has 0 saturated carbocycles. The topological polar surface area (TPSA) is 59.8 Å². The third-order valence-corrected chi connectivity index (χ3v) is 5.91. The molecule has 4 rings (SSSR count). The summed E-state index contributed by atoms with van der Waals surface area (Å²) in [4.78, 5) is 27.4. The van der Waals surface area contributed by atoms with Crippen LogP contribution in [0.3, 0.4) is 0 Å². The number of aryl methyl sites for hydroxylation is 1. The molecule has 1 aliphatic heterocycles. The lowest BCUT2D eigenvalue weighted by atomic mass is 10.0. The lowest BCUT2D eigenvalue weighted by Gasteiger charge is -2.33. The summed E-state index contributed by atoms with van der Waals surface area (Å²) in [5.41, 5.74) is 1.60. The number of nitrogens with zero attached hydrogens (tertiary/aromatic N) is 1. The minimum Gasteiger partial charge on any atom is -0.484 e. The monoisotopic (exact) mass is 425 g/mol. The SMILES string of the molecule is Cc1oc2cc(OCC(=O)N3CCCC[C@H]3C)ccc2c(=O)c1-c1ccc(Cl)cc1. The molecule has 0 bridgehead atoms. The highest BCUT2D eigenvalue weighted by molar-refractivity contribution is 6.30. The number of halogens is 1. The van der Waals surface area contributed by atoms with Crippen LogP contribution in [0.5, 0.6) is 5.75 Å². The first-order chi connectivity index (χ1) is 14.4. The Balaban J connectivity index is 1.57. The highest BCUT2D eigenvalue weighted by atomic mass is 35.5. The smallest absolute Gasteiger partial charge is 0.260 e. The van der Waals surface area contributed by atoms with Crippen molar-refractivity contribution in [1.29, 1.82) is 0 Å². The number of benzene rings is 2. The van der Waals surface area contributed by atoms with E-state index in [1.165, 1.54) is 0 Å². The van der Waals surface area contributed by atoms with Crippen LogP contribution >= 0.6 is 11.6 Å². The lowest BCUT2D eigenvalue weighted by molar-refractivity contribution is -0.136. The number of likely N-dealkylation sites (tertiary alicyclic amines) is 1. The molecule has 0 spiro atoms. The first-order valence-corrected chi connectivity index (χ1v) is 10.6. The van der Waals surface area contributed by atoms with Crippen LogP contribution in [0.4, 0.5) is 0 Å². The Morgan fingerprint density at radius 3 is 2.70 bits per heavy atom. The molecule has 1 aliphatic rings. The summed E-state index contributed by atoms with van der Waals surface area (Å²) in [5.74, 6) is 1.01. The van der Waals surface area contributed by atoms with Crippen molar-refractivity contribution in [3.63, 3.8) is 0 Å². The zero-order valence-electron chi connectivity index (χ0n) is 17.1. The summed E-state index contributed by atoms with van der Waals surface area (Å²) >= 11 is 5.96. The predicted octanol–water partition coefficient (Wildman–Crippen LogP) is 5.20. The molecule has 0 radical (unpaired) electrons. The van der Waals surface area contributed by atoms with Gasteiger partial charge in [0, 0.05) is 23.7 Å². The van der Waals surface area contributed by atoms with Gasteiger partial charge in [-0.15, -0.1) is 0 Å². The molecule has 0 aliphatic carbocycles. The van der Waals surface area contributed by atoms with E-state index in [0.717, 1.165) is 31.4 Å². The molecule has 2 aromatic carbocycles. The molecule has 1 atom stereocenters.